The Balaban J connectivity index is 1.36. The Bertz CT molecular complexity index is 762. The van der Waals surface area contributed by atoms with Gasteiger partial charge in [0.05, 0.1) is 6.10 Å². The van der Waals surface area contributed by atoms with Gasteiger partial charge in [0, 0.05) is 63.3 Å². The van der Waals surface area contributed by atoms with Crippen LogP contribution in [0.5, 0.6) is 0 Å². The van der Waals surface area contributed by atoms with Crippen LogP contribution in [-0.2, 0) is 0 Å². The molecule has 2 aliphatic rings. The highest BCUT2D eigenvalue weighted by molar-refractivity contribution is 5.46. The van der Waals surface area contributed by atoms with E-state index in [9.17, 15) is 5.11 Å². The zero-order valence-corrected chi connectivity index (χ0v) is 16.1. The Hall–Kier alpha value is -2.25. The molecule has 0 spiro atoms. The number of hydrogen-bond acceptors (Lipinski definition) is 7. The summed E-state index contributed by atoms with van der Waals surface area (Å²) in [6.07, 6.45) is 4.30. The van der Waals surface area contributed by atoms with Crippen LogP contribution in [-0.4, -0.2) is 76.4 Å². The molecular formula is C20H28N6O. The van der Waals surface area contributed by atoms with Gasteiger partial charge in [0.15, 0.2) is 0 Å². The summed E-state index contributed by atoms with van der Waals surface area (Å²) in [5.41, 5.74) is 1.07. The van der Waals surface area contributed by atoms with E-state index in [-0.39, 0.29) is 12.1 Å². The van der Waals surface area contributed by atoms with Crippen molar-refractivity contribution in [1.82, 2.24) is 19.9 Å². The molecule has 27 heavy (non-hydrogen) atoms. The van der Waals surface area contributed by atoms with Gasteiger partial charge in [0.1, 0.15) is 17.5 Å². The molecule has 0 amide bonds. The number of nitrogens with zero attached hydrogens (tertiary/aromatic N) is 6. The van der Waals surface area contributed by atoms with E-state index in [2.05, 4.69) is 35.7 Å². The Morgan fingerprint density at radius 3 is 2.52 bits per heavy atom. The van der Waals surface area contributed by atoms with Crippen LogP contribution < -0.4 is 9.80 Å². The third-order valence-electron chi connectivity index (χ3n) is 5.67. The van der Waals surface area contributed by atoms with E-state index >= 15 is 0 Å². The fourth-order valence-corrected chi connectivity index (χ4v) is 4.20. The van der Waals surface area contributed by atoms with Gasteiger partial charge in [-0.05, 0) is 32.4 Å². The van der Waals surface area contributed by atoms with Crippen LogP contribution in [0.4, 0.5) is 11.6 Å². The first kappa shape index (κ1) is 18.1. The largest absolute Gasteiger partial charge is 0.390 e. The van der Waals surface area contributed by atoms with Crippen molar-refractivity contribution >= 4 is 11.6 Å². The van der Waals surface area contributed by atoms with Crippen LogP contribution in [0.1, 0.15) is 17.8 Å². The van der Waals surface area contributed by atoms with Crippen molar-refractivity contribution in [2.45, 2.75) is 32.4 Å². The Labute approximate surface area is 160 Å². The molecule has 2 aliphatic heterocycles. The van der Waals surface area contributed by atoms with Gasteiger partial charge in [0.25, 0.3) is 0 Å². The van der Waals surface area contributed by atoms with Crippen LogP contribution >= 0.6 is 0 Å². The van der Waals surface area contributed by atoms with Crippen LogP contribution in [0.3, 0.4) is 0 Å². The van der Waals surface area contributed by atoms with E-state index in [0.29, 0.717) is 6.54 Å². The molecule has 1 N–H and O–H groups in total. The van der Waals surface area contributed by atoms with E-state index in [1.807, 2.05) is 38.4 Å². The van der Waals surface area contributed by atoms with E-state index < -0.39 is 0 Å². The molecule has 2 aromatic rings. The lowest BCUT2D eigenvalue weighted by atomic mass is 9.99. The van der Waals surface area contributed by atoms with Crippen LogP contribution in [0.25, 0.3) is 0 Å². The SMILES string of the molecule is Cc1ncc(C)c(N2CC[C@@H](N3CCN(c4ccccn4)CC3)[C@H](O)C2)n1. The van der Waals surface area contributed by atoms with Gasteiger partial charge in [-0.25, -0.2) is 15.0 Å². The molecule has 0 bridgehead atoms. The maximum absolute atomic E-state index is 10.8. The second-order valence-electron chi connectivity index (χ2n) is 7.50. The van der Waals surface area contributed by atoms with Gasteiger partial charge in [0.2, 0.25) is 0 Å². The normalized spacial score (nSPS) is 24.3. The van der Waals surface area contributed by atoms with Crippen molar-refractivity contribution < 1.29 is 5.11 Å². The Morgan fingerprint density at radius 1 is 1.00 bits per heavy atom. The number of aliphatic hydroxyl groups is 1. The number of anilines is 2. The van der Waals surface area contributed by atoms with Gasteiger partial charge in [-0.3, -0.25) is 4.90 Å². The van der Waals surface area contributed by atoms with Gasteiger partial charge >= 0.3 is 0 Å². The van der Waals surface area contributed by atoms with Crippen molar-refractivity contribution in [2.24, 2.45) is 0 Å². The number of piperidine rings is 1. The van der Waals surface area contributed by atoms with Gasteiger partial charge in [-0.2, -0.15) is 0 Å². The fraction of sp³-hybridized carbons (Fsp3) is 0.550. The molecule has 7 heteroatoms. The second kappa shape index (κ2) is 7.78. The summed E-state index contributed by atoms with van der Waals surface area (Å²) >= 11 is 0. The highest BCUT2D eigenvalue weighted by atomic mass is 16.3. The fourth-order valence-electron chi connectivity index (χ4n) is 4.20. The third-order valence-corrected chi connectivity index (χ3v) is 5.67. The van der Waals surface area contributed by atoms with Crippen molar-refractivity contribution in [1.29, 1.82) is 0 Å². The predicted molar refractivity (Wildman–Crippen MR) is 106 cm³/mol. The highest BCUT2D eigenvalue weighted by Crippen LogP contribution is 2.25. The molecule has 2 fully saturated rings. The van der Waals surface area contributed by atoms with E-state index in [1.54, 1.807) is 0 Å². The van der Waals surface area contributed by atoms with E-state index in [0.717, 1.165) is 62.2 Å². The van der Waals surface area contributed by atoms with Crippen molar-refractivity contribution in [2.75, 3.05) is 49.1 Å². The molecule has 0 radical (unpaired) electrons. The summed E-state index contributed by atoms with van der Waals surface area (Å²) in [4.78, 5) is 20.3. The van der Waals surface area contributed by atoms with Crippen LogP contribution in [0, 0.1) is 13.8 Å². The number of aliphatic hydroxyl groups excluding tert-OH is 1. The molecule has 0 unspecified atom stereocenters. The molecule has 7 nitrogen and oxygen atoms in total. The molecule has 2 atom stereocenters. The first-order valence-electron chi connectivity index (χ1n) is 9.75. The second-order valence-corrected chi connectivity index (χ2v) is 7.50. The molecule has 0 aliphatic carbocycles. The standard InChI is InChI=1S/C20H28N6O/c1-15-13-22-16(2)23-20(15)26-8-6-17(18(27)14-26)24-9-11-25(12-10-24)19-5-3-4-7-21-19/h3-5,7,13,17-18,27H,6,8-12,14H2,1-2H3/t17-,18-/m1/s1. The molecule has 2 saturated heterocycles. The van der Waals surface area contributed by atoms with E-state index in [1.165, 1.54) is 0 Å². The maximum atomic E-state index is 10.8. The molecule has 4 rings (SSSR count). The lowest BCUT2D eigenvalue weighted by Gasteiger charge is -2.45. The summed E-state index contributed by atoms with van der Waals surface area (Å²) in [5, 5.41) is 10.8. The summed E-state index contributed by atoms with van der Waals surface area (Å²) in [7, 11) is 0. The average molecular weight is 368 g/mol. The number of pyridine rings is 1. The molecule has 0 aromatic carbocycles. The number of hydrogen-bond donors (Lipinski definition) is 1. The first-order chi connectivity index (χ1) is 13.1. The Morgan fingerprint density at radius 2 is 1.81 bits per heavy atom. The van der Waals surface area contributed by atoms with Crippen LogP contribution in [0.2, 0.25) is 0 Å². The smallest absolute Gasteiger partial charge is 0.135 e. The number of piperazine rings is 1. The zero-order valence-electron chi connectivity index (χ0n) is 16.1. The minimum atomic E-state index is -0.366. The van der Waals surface area contributed by atoms with Gasteiger partial charge in [-0.1, -0.05) is 6.07 Å². The molecule has 4 heterocycles. The molecular weight excluding hydrogens is 340 g/mol. The van der Waals surface area contributed by atoms with Crippen LogP contribution in [0.15, 0.2) is 30.6 Å². The minimum Gasteiger partial charge on any atom is -0.390 e. The average Bonchev–Trinajstić information content (AvgIpc) is 2.70. The number of rotatable bonds is 3. The predicted octanol–water partition coefficient (Wildman–Crippen LogP) is 1.25. The summed E-state index contributed by atoms with van der Waals surface area (Å²) in [6, 6.07) is 6.26. The zero-order chi connectivity index (χ0) is 18.8. The summed E-state index contributed by atoms with van der Waals surface area (Å²) in [6.45, 7) is 9.31. The third kappa shape index (κ3) is 3.89. The maximum Gasteiger partial charge on any atom is 0.135 e. The lowest BCUT2D eigenvalue weighted by Crippen LogP contribution is -2.59. The first-order valence-corrected chi connectivity index (χ1v) is 9.75. The monoisotopic (exact) mass is 368 g/mol. The number of aromatic nitrogens is 3. The van der Waals surface area contributed by atoms with E-state index in [4.69, 9.17) is 0 Å². The van der Waals surface area contributed by atoms with Crippen molar-refractivity contribution in [3.05, 3.63) is 42.0 Å². The van der Waals surface area contributed by atoms with Crippen molar-refractivity contribution in [3.63, 3.8) is 0 Å². The highest BCUT2D eigenvalue weighted by Gasteiger charge is 2.34. The Kier molecular flexibility index (Phi) is 5.22. The van der Waals surface area contributed by atoms with Crippen molar-refractivity contribution in [3.8, 4) is 0 Å². The minimum absolute atomic E-state index is 0.218. The number of β-amino-alcohol motifs (C(OH)–C–C–N with tert-alkyl or cyclic N) is 1. The van der Waals surface area contributed by atoms with Gasteiger partial charge < -0.3 is 14.9 Å². The molecule has 144 valence electrons. The lowest BCUT2D eigenvalue weighted by molar-refractivity contribution is 0.0336. The van der Waals surface area contributed by atoms with Gasteiger partial charge in [-0.15, -0.1) is 0 Å². The summed E-state index contributed by atoms with van der Waals surface area (Å²) < 4.78 is 0. The number of aryl methyl sites for hydroxylation is 2. The quantitative estimate of drug-likeness (QED) is 0.874. The topological polar surface area (TPSA) is 68.6 Å². The molecule has 2 aromatic heterocycles. The molecule has 0 saturated carbocycles. The summed E-state index contributed by atoms with van der Waals surface area (Å²) in [5.74, 6) is 2.78.